The number of nitrogens with two attached hydrogens (primary N) is 1. The van der Waals surface area contributed by atoms with Crippen molar-refractivity contribution in [2.75, 3.05) is 12.3 Å². The van der Waals surface area contributed by atoms with Crippen LogP contribution in [0.2, 0.25) is 0 Å². The zero-order valence-corrected chi connectivity index (χ0v) is 8.77. The highest BCUT2D eigenvalue weighted by molar-refractivity contribution is 5.81. The largest absolute Gasteiger partial charge is 0.462 e. The van der Waals surface area contributed by atoms with Crippen LogP contribution < -0.4 is 5.73 Å². The van der Waals surface area contributed by atoms with Crippen molar-refractivity contribution in [3.8, 4) is 0 Å². The summed E-state index contributed by atoms with van der Waals surface area (Å²) in [5.74, 6) is -0.298. The molecule has 0 saturated heterocycles. The number of nitrogen functional groups attached to an aromatic ring is 1. The summed E-state index contributed by atoms with van der Waals surface area (Å²) in [7, 11) is 0. The Hall–Kier alpha value is -1.77. The summed E-state index contributed by atoms with van der Waals surface area (Å²) in [5.41, 5.74) is 7.40. The van der Waals surface area contributed by atoms with Gasteiger partial charge in [-0.3, -0.25) is 0 Å². The fourth-order valence-corrected chi connectivity index (χ4v) is 1.14. The number of ether oxygens (including phenoxy) is 1. The second-order valence-electron chi connectivity index (χ2n) is 3.16. The number of allylic oxidation sites excluding steroid dienone is 1. The summed E-state index contributed by atoms with van der Waals surface area (Å²) in [4.78, 5) is 11.0. The smallest absolute Gasteiger partial charge is 0.330 e. The van der Waals surface area contributed by atoms with Crippen molar-refractivity contribution in [2.45, 2.75) is 13.3 Å². The van der Waals surface area contributed by atoms with Crippen LogP contribution in [0.25, 0.3) is 0 Å². The van der Waals surface area contributed by atoms with Crippen LogP contribution in [0.15, 0.2) is 36.4 Å². The van der Waals surface area contributed by atoms with Crippen molar-refractivity contribution in [3.63, 3.8) is 0 Å². The maximum absolute atomic E-state index is 11.0. The Balaban J connectivity index is 2.32. The molecule has 3 heteroatoms. The molecule has 2 N–H and O–H groups in total. The van der Waals surface area contributed by atoms with E-state index in [0.717, 1.165) is 11.3 Å². The van der Waals surface area contributed by atoms with E-state index in [-0.39, 0.29) is 5.97 Å². The van der Waals surface area contributed by atoms with Crippen LogP contribution in [0.4, 0.5) is 5.69 Å². The fraction of sp³-hybridized carbons (Fsp3) is 0.250. The van der Waals surface area contributed by atoms with Crippen LogP contribution in [-0.4, -0.2) is 12.6 Å². The molecule has 0 saturated carbocycles. The molecule has 0 aromatic heterocycles. The van der Waals surface area contributed by atoms with Gasteiger partial charge in [-0.25, -0.2) is 4.79 Å². The van der Waals surface area contributed by atoms with Crippen LogP contribution in [-0.2, 0) is 16.0 Å². The van der Waals surface area contributed by atoms with Gasteiger partial charge in [-0.05, 0) is 24.6 Å². The molecule has 1 rings (SSSR count). The van der Waals surface area contributed by atoms with Crippen LogP contribution >= 0.6 is 0 Å². The van der Waals surface area contributed by atoms with E-state index in [2.05, 4.69) is 0 Å². The minimum absolute atomic E-state index is 0.298. The lowest BCUT2D eigenvalue weighted by molar-refractivity contribution is -0.137. The number of carbonyl (C=O) groups excluding carboxylic acids is 1. The first-order valence-electron chi connectivity index (χ1n) is 4.86. The van der Waals surface area contributed by atoms with Gasteiger partial charge in [-0.2, -0.15) is 0 Å². The summed E-state index contributed by atoms with van der Waals surface area (Å²) in [6, 6.07) is 7.53. The van der Waals surface area contributed by atoms with Crippen molar-refractivity contribution in [1.82, 2.24) is 0 Å². The summed E-state index contributed by atoms with van der Waals surface area (Å²) in [5, 5.41) is 0. The monoisotopic (exact) mass is 205 g/mol. The number of hydrogen-bond donors (Lipinski definition) is 1. The Morgan fingerprint density at radius 1 is 1.40 bits per heavy atom. The Kier molecular flexibility index (Phi) is 4.41. The van der Waals surface area contributed by atoms with E-state index in [0.29, 0.717) is 13.0 Å². The first kappa shape index (κ1) is 11.3. The minimum Gasteiger partial charge on any atom is -0.462 e. The molecule has 0 heterocycles. The van der Waals surface area contributed by atoms with E-state index < -0.39 is 0 Å². The third kappa shape index (κ3) is 4.31. The highest BCUT2D eigenvalue weighted by atomic mass is 16.5. The SMILES string of the molecule is C/C=C/C(=O)OCCc1ccc(N)cc1. The zero-order chi connectivity index (χ0) is 11.1. The Morgan fingerprint density at radius 3 is 2.67 bits per heavy atom. The number of benzene rings is 1. The van der Waals surface area contributed by atoms with E-state index in [4.69, 9.17) is 10.5 Å². The lowest BCUT2D eigenvalue weighted by Gasteiger charge is -2.02. The van der Waals surface area contributed by atoms with E-state index in [1.54, 1.807) is 13.0 Å². The first-order valence-corrected chi connectivity index (χ1v) is 4.86. The Labute approximate surface area is 89.5 Å². The van der Waals surface area contributed by atoms with Gasteiger partial charge in [0.1, 0.15) is 0 Å². The molecule has 1 aromatic carbocycles. The molecular formula is C12H15NO2. The van der Waals surface area contributed by atoms with Crippen molar-refractivity contribution in [2.24, 2.45) is 0 Å². The van der Waals surface area contributed by atoms with Crippen molar-refractivity contribution < 1.29 is 9.53 Å². The predicted octanol–water partition coefficient (Wildman–Crippen LogP) is 1.93. The number of anilines is 1. The van der Waals surface area contributed by atoms with Gasteiger partial charge in [0.05, 0.1) is 6.61 Å². The number of rotatable bonds is 4. The standard InChI is InChI=1S/C12H15NO2/c1-2-3-12(14)15-9-8-10-4-6-11(13)7-5-10/h2-7H,8-9,13H2,1H3/b3-2+. The second kappa shape index (κ2) is 5.86. The molecule has 0 fully saturated rings. The van der Waals surface area contributed by atoms with Gasteiger partial charge in [-0.15, -0.1) is 0 Å². The molecule has 0 bridgehead atoms. The Morgan fingerprint density at radius 2 is 2.07 bits per heavy atom. The summed E-state index contributed by atoms with van der Waals surface area (Å²) >= 11 is 0. The molecule has 0 spiro atoms. The number of hydrogen-bond acceptors (Lipinski definition) is 3. The lowest BCUT2D eigenvalue weighted by Crippen LogP contribution is -2.04. The van der Waals surface area contributed by atoms with Crippen molar-refractivity contribution in [1.29, 1.82) is 0 Å². The molecule has 0 radical (unpaired) electrons. The molecule has 15 heavy (non-hydrogen) atoms. The summed E-state index contributed by atoms with van der Waals surface area (Å²) < 4.78 is 4.96. The summed E-state index contributed by atoms with van der Waals surface area (Å²) in [6.45, 7) is 2.17. The maximum Gasteiger partial charge on any atom is 0.330 e. The maximum atomic E-state index is 11.0. The highest BCUT2D eigenvalue weighted by Gasteiger charge is 1.97. The molecule has 0 aliphatic heterocycles. The average Bonchev–Trinajstić information content (AvgIpc) is 2.21. The van der Waals surface area contributed by atoms with Gasteiger partial charge in [0, 0.05) is 18.2 Å². The molecule has 80 valence electrons. The molecular weight excluding hydrogens is 190 g/mol. The normalized spacial score (nSPS) is 10.5. The number of carbonyl (C=O) groups is 1. The number of esters is 1. The van der Waals surface area contributed by atoms with Crippen LogP contribution in [0.5, 0.6) is 0 Å². The molecule has 1 aromatic rings. The van der Waals surface area contributed by atoms with E-state index in [1.165, 1.54) is 6.08 Å². The van der Waals surface area contributed by atoms with Gasteiger partial charge in [0.15, 0.2) is 0 Å². The van der Waals surface area contributed by atoms with Crippen LogP contribution in [0.3, 0.4) is 0 Å². The van der Waals surface area contributed by atoms with Gasteiger partial charge in [-0.1, -0.05) is 18.2 Å². The molecule has 0 aliphatic carbocycles. The van der Waals surface area contributed by atoms with Gasteiger partial charge < -0.3 is 10.5 Å². The van der Waals surface area contributed by atoms with Crippen molar-refractivity contribution in [3.05, 3.63) is 42.0 Å². The first-order chi connectivity index (χ1) is 7.22. The van der Waals surface area contributed by atoms with E-state index in [9.17, 15) is 4.79 Å². The van der Waals surface area contributed by atoms with Crippen LogP contribution in [0, 0.1) is 0 Å². The van der Waals surface area contributed by atoms with E-state index >= 15 is 0 Å². The van der Waals surface area contributed by atoms with Gasteiger partial charge in [0.2, 0.25) is 0 Å². The third-order valence-electron chi connectivity index (χ3n) is 1.92. The summed E-state index contributed by atoms with van der Waals surface area (Å²) in [6.07, 6.45) is 3.78. The minimum atomic E-state index is -0.298. The van der Waals surface area contributed by atoms with Crippen LogP contribution in [0.1, 0.15) is 12.5 Å². The molecule has 0 unspecified atom stereocenters. The molecule has 3 nitrogen and oxygen atoms in total. The Bertz CT molecular complexity index is 341. The third-order valence-corrected chi connectivity index (χ3v) is 1.92. The fourth-order valence-electron chi connectivity index (χ4n) is 1.14. The second-order valence-corrected chi connectivity index (χ2v) is 3.16. The quantitative estimate of drug-likeness (QED) is 0.464. The zero-order valence-electron chi connectivity index (χ0n) is 8.77. The topological polar surface area (TPSA) is 52.3 Å². The highest BCUT2D eigenvalue weighted by Crippen LogP contribution is 2.06. The molecule has 0 amide bonds. The van der Waals surface area contributed by atoms with Gasteiger partial charge in [0.25, 0.3) is 0 Å². The van der Waals surface area contributed by atoms with E-state index in [1.807, 2.05) is 24.3 Å². The molecule has 0 atom stereocenters. The van der Waals surface area contributed by atoms with Gasteiger partial charge >= 0.3 is 5.97 Å². The molecule has 0 aliphatic rings. The van der Waals surface area contributed by atoms with Crippen molar-refractivity contribution >= 4 is 11.7 Å². The lowest BCUT2D eigenvalue weighted by atomic mass is 10.1. The predicted molar refractivity (Wildman–Crippen MR) is 60.3 cm³/mol. The average molecular weight is 205 g/mol.